The highest BCUT2D eigenvalue weighted by Crippen LogP contribution is 2.32. The second-order valence-electron chi connectivity index (χ2n) is 7.78. The average molecular weight is 441 g/mol. The van der Waals surface area contributed by atoms with Crippen LogP contribution >= 0.6 is 0 Å². The summed E-state index contributed by atoms with van der Waals surface area (Å²) in [7, 11) is 3.33. The fourth-order valence-electron chi connectivity index (χ4n) is 3.89. The van der Waals surface area contributed by atoms with Gasteiger partial charge in [0.2, 0.25) is 0 Å². The van der Waals surface area contributed by atoms with Crippen LogP contribution < -0.4 is 20.1 Å². The molecular formula is C25H36N4O3. The van der Waals surface area contributed by atoms with Crippen molar-refractivity contribution in [1.29, 1.82) is 0 Å². The van der Waals surface area contributed by atoms with Crippen LogP contribution in [0.4, 0.5) is 0 Å². The molecule has 1 fully saturated rings. The first-order valence-electron chi connectivity index (χ1n) is 11.3. The predicted octanol–water partition coefficient (Wildman–Crippen LogP) is 3.14. The van der Waals surface area contributed by atoms with Crippen molar-refractivity contribution < 1.29 is 14.2 Å². The normalized spacial score (nSPS) is 15.8. The Morgan fingerprint density at radius 3 is 2.50 bits per heavy atom. The largest absolute Gasteiger partial charge is 0.493 e. The Morgan fingerprint density at radius 1 is 1.06 bits per heavy atom. The van der Waals surface area contributed by atoms with Crippen molar-refractivity contribution in [2.24, 2.45) is 4.99 Å². The Balaban J connectivity index is 1.78. The highest BCUT2D eigenvalue weighted by Gasteiger charge is 2.24. The van der Waals surface area contributed by atoms with Gasteiger partial charge in [-0.3, -0.25) is 4.90 Å². The van der Waals surface area contributed by atoms with Crippen molar-refractivity contribution in [1.82, 2.24) is 15.5 Å². The van der Waals surface area contributed by atoms with E-state index < -0.39 is 0 Å². The topological polar surface area (TPSA) is 67.4 Å². The van der Waals surface area contributed by atoms with Gasteiger partial charge in [0, 0.05) is 26.2 Å². The molecule has 0 saturated carbocycles. The lowest BCUT2D eigenvalue weighted by Gasteiger charge is -2.35. The van der Waals surface area contributed by atoms with E-state index in [4.69, 9.17) is 19.2 Å². The molecule has 1 saturated heterocycles. The monoisotopic (exact) mass is 440 g/mol. The molecule has 1 aliphatic heterocycles. The first-order chi connectivity index (χ1) is 15.7. The Hall–Kier alpha value is -2.77. The van der Waals surface area contributed by atoms with Gasteiger partial charge < -0.3 is 24.8 Å². The Morgan fingerprint density at radius 2 is 1.81 bits per heavy atom. The number of hydrogen-bond donors (Lipinski definition) is 2. The summed E-state index contributed by atoms with van der Waals surface area (Å²) in [6.07, 6.45) is 0. The SMILES string of the molecule is CCNC(=NCc1ccccc1C)NCC(c1ccc(OC)c(OC)c1)N1CCOCC1. The Labute approximate surface area is 191 Å². The highest BCUT2D eigenvalue weighted by molar-refractivity contribution is 5.79. The summed E-state index contributed by atoms with van der Waals surface area (Å²) in [5, 5.41) is 6.93. The number of benzene rings is 2. The van der Waals surface area contributed by atoms with Crippen LogP contribution in [0.3, 0.4) is 0 Å². The number of methoxy groups -OCH3 is 2. The van der Waals surface area contributed by atoms with E-state index in [1.54, 1.807) is 14.2 Å². The molecule has 1 atom stereocenters. The molecule has 0 bridgehead atoms. The summed E-state index contributed by atoms with van der Waals surface area (Å²) >= 11 is 0. The first-order valence-corrected chi connectivity index (χ1v) is 11.3. The maximum atomic E-state index is 5.59. The second kappa shape index (κ2) is 12.3. The van der Waals surface area contributed by atoms with Crippen LogP contribution in [-0.2, 0) is 11.3 Å². The van der Waals surface area contributed by atoms with Gasteiger partial charge in [0.25, 0.3) is 0 Å². The zero-order valence-electron chi connectivity index (χ0n) is 19.7. The van der Waals surface area contributed by atoms with E-state index >= 15 is 0 Å². The van der Waals surface area contributed by atoms with Crippen molar-refractivity contribution in [3.05, 3.63) is 59.2 Å². The van der Waals surface area contributed by atoms with Crippen LogP contribution in [0.15, 0.2) is 47.5 Å². The van der Waals surface area contributed by atoms with Crippen LogP contribution in [0.5, 0.6) is 11.5 Å². The number of guanidine groups is 1. The minimum absolute atomic E-state index is 0.154. The third kappa shape index (κ3) is 6.37. The van der Waals surface area contributed by atoms with Crippen LogP contribution in [-0.4, -0.2) is 64.5 Å². The summed E-state index contributed by atoms with van der Waals surface area (Å²) in [6.45, 7) is 9.62. The molecule has 1 aliphatic rings. The van der Waals surface area contributed by atoms with Gasteiger partial charge in [-0.25, -0.2) is 4.99 Å². The molecule has 0 radical (unpaired) electrons. The summed E-state index contributed by atoms with van der Waals surface area (Å²) in [5.41, 5.74) is 3.66. The number of nitrogens with zero attached hydrogens (tertiary/aromatic N) is 2. The van der Waals surface area contributed by atoms with E-state index in [-0.39, 0.29) is 6.04 Å². The van der Waals surface area contributed by atoms with Gasteiger partial charge in [-0.1, -0.05) is 30.3 Å². The molecule has 32 heavy (non-hydrogen) atoms. The van der Waals surface area contributed by atoms with Crippen LogP contribution in [0.25, 0.3) is 0 Å². The Kier molecular flexibility index (Phi) is 9.19. The van der Waals surface area contributed by atoms with E-state index in [9.17, 15) is 0 Å². The molecule has 1 heterocycles. The maximum absolute atomic E-state index is 5.59. The zero-order valence-corrected chi connectivity index (χ0v) is 19.7. The first kappa shape index (κ1) is 23.9. The Bertz CT molecular complexity index is 881. The van der Waals surface area contributed by atoms with E-state index in [1.165, 1.54) is 16.7 Å². The van der Waals surface area contributed by atoms with E-state index in [1.807, 2.05) is 6.07 Å². The lowest BCUT2D eigenvalue weighted by molar-refractivity contribution is 0.0169. The van der Waals surface area contributed by atoms with Gasteiger partial charge in [0.15, 0.2) is 17.5 Å². The molecule has 0 spiro atoms. The lowest BCUT2D eigenvalue weighted by Crippen LogP contribution is -2.46. The molecular weight excluding hydrogens is 404 g/mol. The number of hydrogen-bond acceptors (Lipinski definition) is 5. The van der Waals surface area contributed by atoms with Gasteiger partial charge >= 0.3 is 0 Å². The molecule has 2 aromatic rings. The third-order valence-corrected chi connectivity index (χ3v) is 5.75. The minimum Gasteiger partial charge on any atom is -0.493 e. The number of nitrogens with one attached hydrogen (secondary N) is 2. The van der Waals surface area contributed by atoms with E-state index in [0.29, 0.717) is 6.54 Å². The van der Waals surface area contributed by atoms with Gasteiger partial charge in [-0.05, 0) is 42.7 Å². The summed E-state index contributed by atoms with van der Waals surface area (Å²) in [6, 6.07) is 14.7. The molecule has 174 valence electrons. The zero-order chi connectivity index (χ0) is 22.8. The number of ether oxygens (including phenoxy) is 3. The standard InChI is InChI=1S/C25H36N4O3/c1-5-26-25(27-17-21-9-7-6-8-19(21)2)28-18-22(29-12-14-32-15-13-29)20-10-11-23(30-3)24(16-20)31-4/h6-11,16,22H,5,12-15,17-18H2,1-4H3,(H2,26,27,28). The van der Waals surface area contributed by atoms with E-state index in [0.717, 1.165) is 56.9 Å². The van der Waals surface area contributed by atoms with Crippen LogP contribution in [0.2, 0.25) is 0 Å². The molecule has 1 unspecified atom stereocenters. The molecule has 7 nitrogen and oxygen atoms in total. The van der Waals surface area contributed by atoms with Crippen molar-refractivity contribution in [3.8, 4) is 11.5 Å². The van der Waals surface area contributed by atoms with Crippen molar-refractivity contribution in [3.63, 3.8) is 0 Å². The van der Waals surface area contributed by atoms with Gasteiger partial charge in [-0.15, -0.1) is 0 Å². The third-order valence-electron chi connectivity index (χ3n) is 5.75. The van der Waals surface area contributed by atoms with Crippen LogP contribution in [0, 0.1) is 6.92 Å². The van der Waals surface area contributed by atoms with Crippen molar-refractivity contribution in [2.45, 2.75) is 26.4 Å². The van der Waals surface area contributed by atoms with Gasteiger partial charge in [0.05, 0.1) is 40.0 Å². The van der Waals surface area contributed by atoms with Crippen molar-refractivity contribution >= 4 is 5.96 Å². The number of morpholine rings is 1. The number of rotatable bonds is 9. The molecule has 2 aromatic carbocycles. The van der Waals surface area contributed by atoms with Crippen molar-refractivity contribution in [2.75, 3.05) is 53.6 Å². The lowest BCUT2D eigenvalue weighted by atomic mass is 10.0. The molecule has 0 aliphatic carbocycles. The average Bonchev–Trinajstić information content (AvgIpc) is 2.84. The van der Waals surface area contributed by atoms with Crippen LogP contribution in [0.1, 0.15) is 29.7 Å². The molecule has 2 N–H and O–H groups in total. The molecule has 3 rings (SSSR count). The second-order valence-corrected chi connectivity index (χ2v) is 7.78. The van der Waals surface area contributed by atoms with E-state index in [2.05, 4.69) is 65.8 Å². The smallest absolute Gasteiger partial charge is 0.191 e. The fourth-order valence-corrected chi connectivity index (χ4v) is 3.89. The molecule has 0 aromatic heterocycles. The summed E-state index contributed by atoms with van der Waals surface area (Å²) < 4.78 is 16.6. The molecule has 0 amide bonds. The highest BCUT2D eigenvalue weighted by atomic mass is 16.5. The summed E-state index contributed by atoms with van der Waals surface area (Å²) in [5.74, 6) is 2.29. The van der Waals surface area contributed by atoms with Gasteiger partial charge in [0.1, 0.15) is 0 Å². The fraction of sp³-hybridized carbons (Fsp3) is 0.480. The quantitative estimate of drug-likeness (QED) is 0.461. The van der Waals surface area contributed by atoms with Gasteiger partial charge in [-0.2, -0.15) is 0 Å². The maximum Gasteiger partial charge on any atom is 0.191 e. The summed E-state index contributed by atoms with van der Waals surface area (Å²) in [4.78, 5) is 7.27. The number of aryl methyl sites for hydroxylation is 1. The number of aliphatic imine (C=N–C) groups is 1. The predicted molar refractivity (Wildman–Crippen MR) is 129 cm³/mol. The minimum atomic E-state index is 0.154. The molecule has 7 heteroatoms.